The van der Waals surface area contributed by atoms with E-state index in [4.69, 9.17) is 0 Å². The number of fused-ring (bicyclic) bond motifs is 1. The third-order valence-corrected chi connectivity index (χ3v) is 4.72. The Morgan fingerprint density at radius 3 is 2.81 bits per heavy atom. The van der Waals surface area contributed by atoms with Crippen LogP contribution in [0.2, 0.25) is 0 Å². The van der Waals surface area contributed by atoms with Crippen LogP contribution >= 0.6 is 0 Å². The van der Waals surface area contributed by atoms with Gasteiger partial charge in [-0.3, -0.25) is 4.79 Å². The molecule has 26 heavy (non-hydrogen) atoms. The van der Waals surface area contributed by atoms with Crippen LogP contribution in [-0.4, -0.2) is 33.6 Å². The number of nitrogens with one attached hydrogen (secondary N) is 2. The van der Waals surface area contributed by atoms with Gasteiger partial charge in [0.05, 0.1) is 11.3 Å². The van der Waals surface area contributed by atoms with E-state index in [1.54, 1.807) is 29.0 Å². The van der Waals surface area contributed by atoms with E-state index in [0.717, 1.165) is 42.8 Å². The predicted octanol–water partition coefficient (Wildman–Crippen LogP) is 2.27. The first-order chi connectivity index (χ1) is 12.7. The molecule has 3 heterocycles. The van der Waals surface area contributed by atoms with Crippen molar-refractivity contribution in [2.75, 3.05) is 13.1 Å². The molecule has 1 saturated heterocycles. The highest BCUT2D eigenvalue weighted by atomic mass is 19.1. The lowest BCUT2D eigenvalue weighted by molar-refractivity contribution is 0.0950. The molecule has 6 nitrogen and oxygen atoms in total. The van der Waals surface area contributed by atoms with Gasteiger partial charge in [0.25, 0.3) is 5.91 Å². The zero-order valence-corrected chi connectivity index (χ0v) is 14.3. The number of piperidine rings is 1. The fraction of sp³-hybridized carbons (Fsp3) is 0.316. The summed E-state index contributed by atoms with van der Waals surface area (Å²) in [7, 11) is 0. The topological polar surface area (TPSA) is 71.3 Å². The van der Waals surface area contributed by atoms with E-state index >= 15 is 0 Å². The largest absolute Gasteiger partial charge is 0.348 e. The second-order valence-corrected chi connectivity index (χ2v) is 6.55. The van der Waals surface area contributed by atoms with Crippen molar-refractivity contribution in [3.63, 3.8) is 0 Å². The van der Waals surface area contributed by atoms with Gasteiger partial charge in [0.2, 0.25) is 0 Å². The Bertz CT molecular complexity index is 915. The molecule has 0 radical (unpaired) electrons. The average molecular weight is 353 g/mol. The van der Waals surface area contributed by atoms with Crippen LogP contribution in [-0.2, 0) is 6.54 Å². The summed E-state index contributed by atoms with van der Waals surface area (Å²) in [6, 6.07) is 8.05. The van der Waals surface area contributed by atoms with Crippen molar-refractivity contribution in [2.24, 2.45) is 0 Å². The number of hydrogen-bond donors (Lipinski definition) is 2. The lowest BCUT2D eigenvalue weighted by Gasteiger charge is -2.20. The van der Waals surface area contributed by atoms with Gasteiger partial charge in [-0.15, -0.1) is 0 Å². The summed E-state index contributed by atoms with van der Waals surface area (Å²) in [5.74, 6) is -0.0886. The van der Waals surface area contributed by atoms with Crippen LogP contribution in [0.1, 0.15) is 40.4 Å². The Kier molecular flexibility index (Phi) is 4.62. The Morgan fingerprint density at radius 2 is 2.04 bits per heavy atom. The smallest absolute Gasteiger partial charge is 0.254 e. The number of benzene rings is 1. The number of carbonyl (C=O) groups excluding carboxylic acids is 1. The zero-order valence-electron chi connectivity index (χ0n) is 14.3. The molecule has 4 rings (SSSR count). The standard InChI is InChI=1S/C19H20FN5O/c20-16-3-1-13(2-4-16)10-23-19(26)15-11-22-18-9-17(24-25(18)12-15)14-5-7-21-8-6-14/h1-4,9,11-12,14,21H,5-8,10H2,(H,23,26). The number of hydrogen-bond acceptors (Lipinski definition) is 4. The van der Waals surface area contributed by atoms with Crippen molar-refractivity contribution in [1.82, 2.24) is 25.2 Å². The molecule has 2 aromatic heterocycles. The Balaban J connectivity index is 1.47. The minimum atomic E-state index is -0.294. The zero-order chi connectivity index (χ0) is 17.9. The summed E-state index contributed by atoms with van der Waals surface area (Å²) in [6.45, 7) is 2.34. The number of aromatic nitrogens is 3. The number of amides is 1. The van der Waals surface area contributed by atoms with E-state index in [1.165, 1.54) is 12.1 Å². The Hall–Kier alpha value is -2.80. The Morgan fingerprint density at radius 1 is 1.27 bits per heavy atom. The van der Waals surface area contributed by atoms with E-state index in [2.05, 4.69) is 20.7 Å². The normalized spacial score (nSPS) is 15.3. The summed E-state index contributed by atoms with van der Waals surface area (Å²) in [6.07, 6.45) is 5.39. The SMILES string of the molecule is O=C(NCc1ccc(F)cc1)c1cnc2cc(C3CCNCC3)nn2c1. The number of rotatable bonds is 4. The molecule has 1 aliphatic heterocycles. The number of halogens is 1. The molecule has 0 unspecified atom stereocenters. The predicted molar refractivity (Wildman–Crippen MR) is 95.4 cm³/mol. The molecule has 1 fully saturated rings. The van der Waals surface area contributed by atoms with Crippen LogP contribution in [0.4, 0.5) is 4.39 Å². The van der Waals surface area contributed by atoms with Gasteiger partial charge in [-0.05, 0) is 43.6 Å². The number of nitrogens with zero attached hydrogens (tertiary/aromatic N) is 3. The van der Waals surface area contributed by atoms with Crippen LogP contribution in [0.15, 0.2) is 42.7 Å². The van der Waals surface area contributed by atoms with Crippen LogP contribution in [0.25, 0.3) is 5.65 Å². The Labute approximate surface area is 150 Å². The summed E-state index contributed by atoms with van der Waals surface area (Å²) >= 11 is 0. The third-order valence-electron chi connectivity index (χ3n) is 4.72. The molecular formula is C19H20FN5O. The summed E-state index contributed by atoms with van der Waals surface area (Å²) < 4.78 is 14.6. The van der Waals surface area contributed by atoms with Crippen molar-refractivity contribution in [2.45, 2.75) is 25.3 Å². The van der Waals surface area contributed by atoms with E-state index in [9.17, 15) is 9.18 Å². The van der Waals surface area contributed by atoms with Gasteiger partial charge < -0.3 is 10.6 Å². The van der Waals surface area contributed by atoms with Crippen molar-refractivity contribution < 1.29 is 9.18 Å². The van der Waals surface area contributed by atoms with E-state index < -0.39 is 0 Å². The van der Waals surface area contributed by atoms with Crippen molar-refractivity contribution in [3.8, 4) is 0 Å². The fourth-order valence-corrected chi connectivity index (χ4v) is 3.22. The molecule has 2 N–H and O–H groups in total. The highest BCUT2D eigenvalue weighted by Crippen LogP contribution is 2.24. The average Bonchev–Trinajstić information content (AvgIpc) is 3.11. The van der Waals surface area contributed by atoms with Crippen LogP contribution in [0.5, 0.6) is 0 Å². The van der Waals surface area contributed by atoms with E-state index in [0.29, 0.717) is 18.0 Å². The maximum Gasteiger partial charge on any atom is 0.254 e. The minimum absolute atomic E-state index is 0.234. The quantitative estimate of drug-likeness (QED) is 0.755. The van der Waals surface area contributed by atoms with Crippen molar-refractivity contribution >= 4 is 11.6 Å². The van der Waals surface area contributed by atoms with E-state index in [1.807, 2.05) is 6.07 Å². The minimum Gasteiger partial charge on any atom is -0.348 e. The van der Waals surface area contributed by atoms with Crippen LogP contribution in [0.3, 0.4) is 0 Å². The molecular weight excluding hydrogens is 333 g/mol. The van der Waals surface area contributed by atoms with Crippen molar-refractivity contribution in [1.29, 1.82) is 0 Å². The summed E-state index contributed by atoms with van der Waals surface area (Å²) in [5.41, 5.74) is 3.05. The first-order valence-electron chi connectivity index (χ1n) is 8.78. The van der Waals surface area contributed by atoms with Gasteiger partial charge >= 0.3 is 0 Å². The van der Waals surface area contributed by atoms with Gasteiger partial charge in [0.1, 0.15) is 5.82 Å². The summed E-state index contributed by atoms with van der Waals surface area (Å²) in [5, 5.41) is 10.8. The molecule has 7 heteroatoms. The number of carbonyl (C=O) groups is 1. The molecule has 0 spiro atoms. The molecule has 0 atom stereocenters. The van der Waals surface area contributed by atoms with Gasteiger partial charge in [-0.1, -0.05) is 12.1 Å². The second-order valence-electron chi connectivity index (χ2n) is 6.55. The fourth-order valence-electron chi connectivity index (χ4n) is 3.22. The second kappa shape index (κ2) is 7.21. The summed E-state index contributed by atoms with van der Waals surface area (Å²) in [4.78, 5) is 16.7. The highest BCUT2D eigenvalue weighted by molar-refractivity contribution is 5.93. The lowest BCUT2D eigenvalue weighted by atomic mass is 9.95. The maximum atomic E-state index is 12.9. The molecule has 0 saturated carbocycles. The van der Waals surface area contributed by atoms with Gasteiger partial charge in [-0.25, -0.2) is 13.9 Å². The maximum absolute atomic E-state index is 12.9. The molecule has 1 amide bonds. The van der Waals surface area contributed by atoms with Crippen LogP contribution < -0.4 is 10.6 Å². The molecule has 134 valence electrons. The van der Waals surface area contributed by atoms with Gasteiger partial charge in [0, 0.05) is 30.9 Å². The molecule has 0 aliphatic carbocycles. The molecule has 1 aliphatic rings. The van der Waals surface area contributed by atoms with Gasteiger partial charge in [-0.2, -0.15) is 5.10 Å². The third kappa shape index (κ3) is 3.57. The monoisotopic (exact) mass is 353 g/mol. The highest BCUT2D eigenvalue weighted by Gasteiger charge is 2.19. The molecule has 3 aromatic rings. The first kappa shape index (κ1) is 16.7. The van der Waals surface area contributed by atoms with E-state index in [-0.39, 0.29) is 11.7 Å². The van der Waals surface area contributed by atoms with Crippen LogP contribution in [0, 0.1) is 5.82 Å². The van der Waals surface area contributed by atoms with Crippen molar-refractivity contribution in [3.05, 3.63) is 65.4 Å². The van der Waals surface area contributed by atoms with Gasteiger partial charge in [0.15, 0.2) is 5.65 Å². The molecule has 0 bridgehead atoms. The molecule has 1 aromatic carbocycles. The lowest BCUT2D eigenvalue weighted by Crippen LogP contribution is -2.26. The first-order valence-corrected chi connectivity index (χ1v) is 8.78.